The summed E-state index contributed by atoms with van der Waals surface area (Å²) in [6.45, 7) is 6.24. The van der Waals surface area contributed by atoms with E-state index in [4.69, 9.17) is 4.98 Å². The van der Waals surface area contributed by atoms with Gasteiger partial charge < -0.3 is 10.2 Å². The maximum atomic E-state index is 13.9. The van der Waals surface area contributed by atoms with Crippen LogP contribution in [0.15, 0.2) is 84.6 Å². The number of carbonyl (C=O) groups excluding carboxylic acids is 3. The number of hydrogen-bond donors (Lipinski definition) is 1. The van der Waals surface area contributed by atoms with Gasteiger partial charge in [0.2, 0.25) is 11.8 Å². The van der Waals surface area contributed by atoms with Gasteiger partial charge in [0.05, 0.1) is 34.4 Å². The van der Waals surface area contributed by atoms with Gasteiger partial charge in [-0.15, -0.1) is 11.3 Å². The molecule has 1 N–H and O–H groups in total. The molecule has 0 spiro atoms. The second kappa shape index (κ2) is 18.9. The molecule has 2 aliphatic carbocycles. The minimum Gasteiger partial charge on any atom is -0.349 e. The Morgan fingerprint density at radius 2 is 1.69 bits per heavy atom. The van der Waals surface area contributed by atoms with Crippen LogP contribution in [-0.4, -0.2) is 105 Å². The number of alkyl halides is 2. The normalized spacial score (nSPS) is 21.7. The Bertz CT molecular complexity index is 2010. The van der Waals surface area contributed by atoms with Crippen molar-refractivity contribution in [3.05, 3.63) is 117 Å². The fourth-order valence-corrected chi connectivity index (χ4v) is 10.2. The van der Waals surface area contributed by atoms with Crippen molar-refractivity contribution >= 4 is 29.1 Å². The lowest BCUT2D eigenvalue weighted by Crippen LogP contribution is -2.57. The molecule has 2 aromatic carbocycles. The third-order valence-corrected chi connectivity index (χ3v) is 13.6. The first-order valence-electron chi connectivity index (χ1n) is 21.4. The largest absolute Gasteiger partial charge is 0.349 e. The quantitative estimate of drug-likeness (QED) is 0.0914. The molecular weight excluding hydrogens is 769 g/mol. The van der Waals surface area contributed by atoms with Crippen molar-refractivity contribution in [1.29, 1.82) is 0 Å². The van der Waals surface area contributed by atoms with Crippen LogP contribution in [-0.2, 0) is 17.8 Å². The molecule has 4 aliphatic rings. The molecule has 0 bridgehead atoms. The fraction of sp³-hybridized carbons (Fsp3) is 0.500. The highest BCUT2D eigenvalue weighted by Crippen LogP contribution is 2.37. The molecule has 1 saturated heterocycles. The summed E-state index contributed by atoms with van der Waals surface area (Å²) < 4.78 is 27.9. The molecule has 3 amide bonds. The number of nitrogens with zero attached hydrogens (tertiary/aromatic N) is 6. The number of halogens is 2. The van der Waals surface area contributed by atoms with E-state index in [1.54, 1.807) is 35.6 Å². The standard InChI is InChI=1S/C46H55F2N7O3S/c47-46(48)20-17-35(18-21-46)43(56)51-40(33-10-2-1-3-11-33)19-25-52-26-27-53(31-37-28-49-32-59-37)36(29-52)30-54(41-16-8-12-34-13-9-22-50-42(34)41)23-6-7-24-55-44(57)38-14-4-5-15-39(38)45(55)58/h1-5,9-11,13-15,22,28,32,35-36,40-41H,6-8,12,16-21,23-27,29-31H2,(H,51,56)/t36-,40+,41+/m1/s1. The monoisotopic (exact) mass is 823 g/mol. The number of thiazole rings is 1. The predicted molar refractivity (Wildman–Crippen MR) is 224 cm³/mol. The third-order valence-electron chi connectivity index (χ3n) is 12.9. The van der Waals surface area contributed by atoms with Crippen molar-refractivity contribution in [3.8, 4) is 0 Å². The highest BCUT2D eigenvalue weighted by molar-refractivity contribution is 7.09. The van der Waals surface area contributed by atoms with Crippen LogP contribution in [0.2, 0.25) is 0 Å². The number of pyridine rings is 1. The van der Waals surface area contributed by atoms with Crippen molar-refractivity contribution < 1.29 is 23.2 Å². The van der Waals surface area contributed by atoms with Crippen LogP contribution in [0.25, 0.3) is 0 Å². The summed E-state index contributed by atoms with van der Waals surface area (Å²) in [4.78, 5) is 59.4. The average molecular weight is 824 g/mol. The van der Waals surface area contributed by atoms with Gasteiger partial charge >= 0.3 is 0 Å². The van der Waals surface area contributed by atoms with E-state index in [0.717, 1.165) is 82.8 Å². The zero-order chi connectivity index (χ0) is 40.8. The highest BCUT2D eigenvalue weighted by atomic mass is 32.1. The lowest BCUT2D eigenvalue weighted by Gasteiger charge is -2.45. The number of rotatable bonds is 16. The summed E-state index contributed by atoms with van der Waals surface area (Å²) in [7, 11) is 0. The van der Waals surface area contributed by atoms with Crippen molar-refractivity contribution in [2.45, 2.75) is 94.8 Å². The van der Waals surface area contributed by atoms with E-state index in [1.807, 2.05) is 54.3 Å². The van der Waals surface area contributed by atoms with Gasteiger partial charge in [0, 0.05) is 87.9 Å². The number of benzene rings is 2. The Labute approximate surface area is 350 Å². The molecule has 13 heteroatoms. The molecular formula is C46H55F2N7O3S. The number of unbranched alkanes of at least 4 members (excludes halogenated alkanes) is 1. The fourth-order valence-electron chi connectivity index (χ4n) is 9.59. The molecule has 4 heterocycles. The Kier molecular flexibility index (Phi) is 13.2. The summed E-state index contributed by atoms with van der Waals surface area (Å²) in [6.07, 6.45) is 9.20. The Morgan fingerprint density at radius 3 is 2.44 bits per heavy atom. The van der Waals surface area contributed by atoms with E-state index in [9.17, 15) is 23.2 Å². The number of fused-ring (bicyclic) bond motifs is 2. The summed E-state index contributed by atoms with van der Waals surface area (Å²) in [5.41, 5.74) is 6.36. The second-order valence-electron chi connectivity index (χ2n) is 16.7. The molecule has 0 radical (unpaired) electrons. The van der Waals surface area contributed by atoms with Crippen LogP contribution in [0.5, 0.6) is 0 Å². The van der Waals surface area contributed by atoms with Crippen LogP contribution in [0, 0.1) is 5.92 Å². The Morgan fingerprint density at radius 1 is 0.932 bits per heavy atom. The second-order valence-corrected chi connectivity index (χ2v) is 17.7. The topological polar surface area (TPSA) is 102 Å². The lowest BCUT2D eigenvalue weighted by molar-refractivity contribution is -0.130. The van der Waals surface area contributed by atoms with Crippen LogP contribution in [0.1, 0.15) is 112 Å². The van der Waals surface area contributed by atoms with Crippen molar-refractivity contribution in [1.82, 2.24) is 34.9 Å². The summed E-state index contributed by atoms with van der Waals surface area (Å²) in [5.74, 6) is -3.61. The number of aryl methyl sites for hydroxylation is 1. The van der Waals surface area contributed by atoms with Gasteiger partial charge in [-0.2, -0.15) is 0 Å². The molecule has 3 atom stereocenters. The molecule has 312 valence electrons. The van der Waals surface area contributed by atoms with E-state index < -0.39 is 11.8 Å². The zero-order valence-electron chi connectivity index (χ0n) is 33.7. The number of aromatic nitrogens is 2. The van der Waals surface area contributed by atoms with Crippen molar-refractivity contribution in [2.75, 3.05) is 45.8 Å². The first-order valence-corrected chi connectivity index (χ1v) is 22.3. The zero-order valence-corrected chi connectivity index (χ0v) is 34.5. The minimum absolute atomic E-state index is 0.123. The van der Waals surface area contributed by atoms with Gasteiger partial charge in [-0.05, 0) is 87.2 Å². The van der Waals surface area contributed by atoms with Gasteiger partial charge in [-0.3, -0.25) is 39.1 Å². The van der Waals surface area contributed by atoms with E-state index >= 15 is 0 Å². The molecule has 2 aromatic heterocycles. The number of carbonyl (C=O) groups is 3. The summed E-state index contributed by atoms with van der Waals surface area (Å²) in [5, 5.41) is 3.28. The van der Waals surface area contributed by atoms with E-state index in [1.165, 1.54) is 15.3 Å². The smallest absolute Gasteiger partial charge is 0.261 e. The Hall–Kier alpha value is -4.43. The minimum atomic E-state index is -2.68. The average Bonchev–Trinajstić information content (AvgIpc) is 3.86. The molecule has 2 fully saturated rings. The SMILES string of the molecule is O=C(N[C@@H](CCN1CCN(Cc2cncs2)[C@@H](CN(CCCCN2C(=O)c3ccccc3C2=O)[C@H]2CCCc3cccnc32)C1)c1ccccc1)C1CCC(F)(F)CC1. The number of hydrogen-bond acceptors (Lipinski definition) is 9. The van der Waals surface area contributed by atoms with Gasteiger partial charge in [0.1, 0.15) is 0 Å². The maximum Gasteiger partial charge on any atom is 0.261 e. The van der Waals surface area contributed by atoms with Crippen LogP contribution >= 0.6 is 11.3 Å². The highest BCUT2D eigenvalue weighted by Gasteiger charge is 2.39. The van der Waals surface area contributed by atoms with Crippen LogP contribution in [0.4, 0.5) is 8.78 Å². The molecule has 1 saturated carbocycles. The maximum absolute atomic E-state index is 13.9. The van der Waals surface area contributed by atoms with Gasteiger partial charge in [0.15, 0.2) is 0 Å². The van der Waals surface area contributed by atoms with E-state index in [0.29, 0.717) is 30.5 Å². The van der Waals surface area contributed by atoms with Crippen molar-refractivity contribution in [3.63, 3.8) is 0 Å². The summed E-state index contributed by atoms with van der Waals surface area (Å²) in [6, 6.07) is 21.5. The first-order chi connectivity index (χ1) is 28.7. The van der Waals surface area contributed by atoms with Gasteiger partial charge in [0.25, 0.3) is 11.8 Å². The summed E-state index contributed by atoms with van der Waals surface area (Å²) >= 11 is 1.68. The lowest BCUT2D eigenvalue weighted by atomic mass is 9.86. The van der Waals surface area contributed by atoms with E-state index in [-0.39, 0.29) is 61.5 Å². The van der Waals surface area contributed by atoms with Crippen LogP contribution in [0.3, 0.4) is 0 Å². The predicted octanol–water partition coefficient (Wildman–Crippen LogP) is 7.55. The van der Waals surface area contributed by atoms with E-state index in [2.05, 4.69) is 31.1 Å². The van der Waals surface area contributed by atoms with Gasteiger partial charge in [-0.25, -0.2) is 8.78 Å². The van der Waals surface area contributed by atoms with Gasteiger partial charge in [-0.1, -0.05) is 48.5 Å². The molecule has 10 nitrogen and oxygen atoms in total. The van der Waals surface area contributed by atoms with Crippen molar-refractivity contribution in [2.24, 2.45) is 5.92 Å². The number of nitrogens with one attached hydrogen (secondary N) is 1. The number of amides is 3. The number of imide groups is 1. The molecule has 2 aliphatic heterocycles. The Balaban J connectivity index is 0.970. The molecule has 59 heavy (non-hydrogen) atoms. The van der Waals surface area contributed by atoms with Crippen LogP contribution < -0.4 is 5.32 Å². The molecule has 4 aromatic rings. The number of piperazine rings is 1. The first kappa shape index (κ1) is 41.3. The third kappa shape index (κ3) is 9.96. The molecule has 8 rings (SSSR count). The molecule has 0 unspecified atom stereocenters.